The van der Waals surface area contributed by atoms with Crippen molar-refractivity contribution in [2.75, 3.05) is 10.6 Å². The van der Waals surface area contributed by atoms with Crippen molar-refractivity contribution in [3.8, 4) is 5.75 Å². The standard InChI is InChI=1S/C19H20N2O5/c1-11-4-9-16(17(23)10-11)19(25)26-12(2)18(24)21-15-7-5-14(6-8-15)20-13(3)22/h4-10,12,23H,1-3H3,(H,20,22)(H,21,24). The minimum Gasteiger partial charge on any atom is -0.507 e. The lowest BCUT2D eigenvalue weighted by atomic mass is 10.1. The highest BCUT2D eigenvalue weighted by molar-refractivity contribution is 5.98. The Labute approximate surface area is 151 Å². The number of amides is 2. The second-order valence-corrected chi connectivity index (χ2v) is 5.82. The number of hydrogen-bond donors (Lipinski definition) is 3. The Morgan fingerprint density at radius 3 is 2.12 bits per heavy atom. The van der Waals surface area contributed by atoms with E-state index in [9.17, 15) is 19.5 Å². The second kappa shape index (κ2) is 8.15. The average Bonchev–Trinajstić information content (AvgIpc) is 2.55. The van der Waals surface area contributed by atoms with Crippen LogP contribution in [0.15, 0.2) is 42.5 Å². The van der Waals surface area contributed by atoms with Crippen LogP contribution in [0.4, 0.5) is 11.4 Å². The third kappa shape index (κ3) is 5.07. The van der Waals surface area contributed by atoms with Crippen LogP contribution < -0.4 is 10.6 Å². The summed E-state index contributed by atoms with van der Waals surface area (Å²) in [7, 11) is 0. The molecule has 136 valence electrons. The van der Waals surface area contributed by atoms with Crippen molar-refractivity contribution in [1.29, 1.82) is 0 Å². The van der Waals surface area contributed by atoms with Crippen molar-refractivity contribution in [1.82, 2.24) is 0 Å². The smallest absolute Gasteiger partial charge is 0.342 e. The molecule has 7 nitrogen and oxygen atoms in total. The summed E-state index contributed by atoms with van der Waals surface area (Å²) in [6, 6.07) is 11.1. The molecule has 0 saturated carbocycles. The molecule has 0 aliphatic rings. The van der Waals surface area contributed by atoms with Gasteiger partial charge in [0.15, 0.2) is 6.10 Å². The quantitative estimate of drug-likeness (QED) is 0.715. The molecule has 0 fully saturated rings. The van der Waals surface area contributed by atoms with Gasteiger partial charge in [0, 0.05) is 18.3 Å². The fourth-order valence-electron chi connectivity index (χ4n) is 2.18. The van der Waals surface area contributed by atoms with Gasteiger partial charge in [-0.25, -0.2) is 4.79 Å². The van der Waals surface area contributed by atoms with Crippen molar-refractivity contribution < 1.29 is 24.2 Å². The molecule has 0 heterocycles. The van der Waals surface area contributed by atoms with Crippen LogP contribution in [-0.4, -0.2) is 29.0 Å². The Bertz CT molecular complexity index is 830. The van der Waals surface area contributed by atoms with Crippen molar-refractivity contribution in [2.45, 2.75) is 26.9 Å². The zero-order valence-corrected chi connectivity index (χ0v) is 14.7. The van der Waals surface area contributed by atoms with E-state index in [0.29, 0.717) is 11.4 Å². The molecule has 0 bridgehead atoms. The number of esters is 1. The number of phenols is 1. The van der Waals surface area contributed by atoms with Gasteiger partial charge in [0.25, 0.3) is 5.91 Å². The Morgan fingerprint density at radius 1 is 1.00 bits per heavy atom. The highest BCUT2D eigenvalue weighted by atomic mass is 16.5. The van der Waals surface area contributed by atoms with E-state index < -0.39 is 18.0 Å². The number of ether oxygens (including phenoxy) is 1. The number of aromatic hydroxyl groups is 1. The van der Waals surface area contributed by atoms with Gasteiger partial charge in [0.1, 0.15) is 11.3 Å². The van der Waals surface area contributed by atoms with Crippen LogP contribution in [0.1, 0.15) is 29.8 Å². The van der Waals surface area contributed by atoms with E-state index in [1.165, 1.54) is 26.0 Å². The molecule has 1 atom stereocenters. The molecule has 0 aromatic heterocycles. The SMILES string of the molecule is CC(=O)Nc1ccc(NC(=O)C(C)OC(=O)c2ccc(C)cc2O)cc1. The summed E-state index contributed by atoms with van der Waals surface area (Å²) >= 11 is 0. The maximum Gasteiger partial charge on any atom is 0.342 e. The molecule has 0 saturated heterocycles. The third-order valence-corrected chi connectivity index (χ3v) is 3.50. The number of nitrogens with one attached hydrogen (secondary N) is 2. The van der Waals surface area contributed by atoms with Gasteiger partial charge >= 0.3 is 5.97 Å². The summed E-state index contributed by atoms with van der Waals surface area (Å²) in [6.07, 6.45) is -1.06. The highest BCUT2D eigenvalue weighted by Gasteiger charge is 2.21. The first-order chi connectivity index (χ1) is 12.3. The van der Waals surface area contributed by atoms with Crippen LogP contribution in [0.2, 0.25) is 0 Å². The summed E-state index contributed by atoms with van der Waals surface area (Å²) in [5, 5.41) is 15.0. The van der Waals surface area contributed by atoms with E-state index in [0.717, 1.165) is 5.56 Å². The lowest BCUT2D eigenvalue weighted by molar-refractivity contribution is -0.123. The molecule has 2 amide bonds. The zero-order valence-electron chi connectivity index (χ0n) is 14.7. The number of hydrogen-bond acceptors (Lipinski definition) is 5. The molecule has 0 aliphatic carbocycles. The molecule has 1 unspecified atom stereocenters. The molecule has 3 N–H and O–H groups in total. The number of carbonyl (C=O) groups is 3. The highest BCUT2D eigenvalue weighted by Crippen LogP contribution is 2.20. The van der Waals surface area contributed by atoms with Gasteiger partial charge in [0.2, 0.25) is 5.91 Å². The van der Waals surface area contributed by atoms with Crippen LogP contribution in [0.3, 0.4) is 0 Å². The van der Waals surface area contributed by atoms with Crippen LogP contribution in [-0.2, 0) is 14.3 Å². The molecule has 2 rings (SSSR count). The Balaban J connectivity index is 1.96. The van der Waals surface area contributed by atoms with E-state index in [4.69, 9.17) is 4.74 Å². The lowest BCUT2D eigenvalue weighted by Gasteiger charge is -2.14. The number of aryl methyl sites for hydroxylation is 1. The average molecular weight is 356 g/mol. The zero-order chi connectivity index (χ0) is 19.3. The fraction of sp³-hybridized carbons (Fsp3) is 0.211. The van der Waals surface area contributed by atoms with Crippen molar-refractivity contribution in [3.63, 3.8) is 0 Å². The fourth-order valence-corrected chi connectivity index (χ4v) is 2.18. The molecule has 0 spiro atoms. The number of benzene rings is 2. The molecule has 7 heteroatoms. The largest absolute Gasteiger partial charge is 0.507 e. The Kier molecular flexibility index (Phi) is 5.95. The predicted octanol–water partition coefficient (Wildman–Crippen LogP) is 2.84. The summed E-state index contributed by atoms with van der Waals surface area (Å²) in [4.78, 5) is 35.2. The van der Waals surface area contributed by atoms with Crippen molar-refractivity contribution in [2.24, 2.45) is 0 Å². The van der Waals surface area contributed by atoms with Gasteiger partial charge in [-0.2, -0.15) is 0 Å². The van der Waals surface area contributed by atoms with Crippen molar-refractivity contribution >= 4 is 29.2 Å². The van der Waals surface area contributed by atoms with Crippen LogP contribution >= 0.6 is 0 Å². The van der Waals surface area contributed by atoms with Crippen LogP contribution in [0.25, 0.3) is 0 Å². The third-order valence-electron chi connectivity index (χ3n) is 3.50. The van der Waals surface area contributed by atoms with E-state index in [-0.39, 0.29) is 17.2 Å². The molecule has 0 aliphatic heterocycles. The Hall–Kier alpha value is -3.35. The minimum absolute atomic E-state index is 0.00471. The summed E-state index contributed by atoms with van der Waals surface area (Å²) < 4.78 is 5.10. The first kappa shape index (κ1) is 19.0. The molecule has 2 aromatic carbocycles. The van der Waals surface area contributed by atoms with Gasteiger partial charge in [-0.05, 0) is 55.8 Å². The first-order valence-electron chi connectivity index (χ1n) is 7.95. The van der Waals surface area contributed by atoms with Crippen LogP contribution in [0.5, 0.6) is 5.75 Å². The summed E-state index contributed by atoms with van der Waals surface area (Å²) in [5.41, 5.74) is 1.89. The molecule has 0 radical (unpaired) electrons. The lowest BCUT2D eigenvalue weighted by Crippen LogP contribution is -2.30. The molecule has 26 heavy (non-hydrogen) atoms. The van der Waals surface area contributed by atoms with Gasteiger partial charge in [-0.3, -0.25) is 9.59 Å². The predicted molar refractivity (Wildman–Crippen MR) is 97.1 cm³/mol. The second-order valence-electron chi connectivity index (χ2n) is 5.82. The topological polar surface area (TPSA) is 105 Å². The number of carbonyl (C=O) groups excluding carboxylic acids is 3. The maximum absolute atomic E-state index is 12.2. The minimum atomic E-state index is -1.06. The monoisotopic (exact) mass is 356 g/mol. The van der Waals surface area contributed by atoms with E-state index >= 15 is 0 Å². The Morgan fingerprint density at radius 2 is 1.58 bits per heavy atom. The van der Waals surface area contributed by atoms with E-state index in [1.54, 1.807) is 37.3 Å². The number of anilines is 2. The number of rotatable bonds is 5. The van der Waals surface area contributed by atoms with Crippen LogP contribution in [0, 0.1) is 6.92 Å². The van der Waals surface area contributed by atoms with Gasteiger partial charge in [-0.15, -0.1) is 0 Å². The van der Waals surface area contributed by atoms with E-state index in [1.807, 2.05) is 0 Å². The molecule has 2 aromatic rings. The van der Waals surface area contributed by atoms with Crippen molar-refractivity contribution in [3.05, 3.63) is 53.6 Å². The maximum atomic E-state index is 12.2. The number of phenolic OH excluding ortho intramolecular Hbond substituents is 1. The van der Waals surface area contributed by atoms with Gasteiger partial charge < -0.3 is 20.5 Å². The summed E-state index contributed by atoms with van der Waals surface area (Å²) in [5.74, 6) is -1.69. The van der Waals surface area contributed by atoms with Gasteiger partial charge in [0.05, 0.1) is 0 Å². The molecular weight excluding hydrogens is 336 g/mol. The first-order valence-corrected chi connectivity index (χ1v) is 7.95. The van der Waals surface area contributed by atoms with Gasteiger partial charge in [-0.1, -0.05) is 6.07 Å². The molecular formula is C19H20N2O5. The normalized spacial score (nSPS) is 11.3. The summed E-state index contributed by atoms with van der Waals surface area (Å²) in [6.45, 7) is 4.61. The van der Waals surface area contributed by atoms with E-state index in [2.05, 4.69) is 10.6 Å².